The van der Waals surface area contributed by atoms with Gasteiger partial charge >= 0.3 is 0 Å². The molecule has 1 aromatic carbocycles. The average Bonchev–Trinajstić information content (AvgIpc) is 3.25. The largest absolute Gasteiger partial charge is 0.335 e. The van der Waals surface area contributed by atoms with E-state index in [4.69, 9.17) is 5.26 Å². The van der Waals surface area contributed by atoms with Crippen LogP contribution in [0.25, 0.3) is 0 Å². The molecular formula is C17H19N3O. The number of carbonyl (C=O) groups excluding carboxylic acids is 1. The van der Waals surface area contributed by atoms with Crippen molar-refractivity contribution in [1.29, 1.82) is 10.5 Å². The van der Waals surface area contributed by atoms with E-state index in [9.17, 15) is 10.1 Å². The van der Waals surface area contributed by atoms with Crippen LogP contribution in [0.5, 0.6) is 0 Å². The number of carbonyl (C=O) groups is 1. The average molecular weight is 281 g/mol. The van der Waals surface area contributed by atoms with Crippen LogP contribution in [0.1, 0.15) is 50.8 Å². The number of nitriles is 2. The van der Waals surface area contributed by atoms with Crippen molar-refractivity contribution in [2.75, 3.05) is 0 Å². The summed E-state index contributed by atoms with van der Waals surface area (Å²) in [7, 11) is 0. The minimum Gasteiger partial charge on any atom is -0.335 e. The summed E-state index contributed by atoms with van der Waals surface area (Å²) in [5.74, 6) is -0.337. The van der Waals surface area contributed by atoms with Crippen LogP contribution in [0.4, 0.5) is 0 Å². The number of hydrogen-bond donors (Lipinski definition) is 1. The van der Waals surface area contributed by atoms with Crippen LogP contribution < -0.4 is 5.32 Å². The Labute approximate surface area is 125 Å². The Morgan fingerprint density at radius 1 is 1.24 bits per heavy atom. The molecule has 0 saturated heterocycles. The van der Waals surface area contributed by atoms with Crippen molar-refractivity contribution in [3.05, 3.63) is 35.4 Å². The molecule has 1 amide bonds. The highest BCUT2D eigenvalue weighted by Crippen LogP contribution is 2.45. The van der Waals surface area contributed by atoms with Crippen LogP contribution >= 0.6 is 0 Å². The van der Waals surface area contributed by atoms with Gasteiger partial charge in [0.1, 0.15) is 11.5 Å². The first-order valence-electron chi connectivity index (χ1n) is 7.05. The third-order valence-corrected chi connectivity index (χ3v) is 3.91. The quantitative estimate of drug-likeness (QED) is 0.925. The lowest BCUT2D eigenvalue weighted by Gasteiger charge is -2.20. The molecule has 1 unspecified atom stereocenters. The Hall–Kier alpha value is -2.33. The van der Waals surface area contributed by atoms with Gasteiger partial charge in [-0.1, -0.05) is 45.0 Å². The molecule has 0 radical (unpaired) electrons. The molecule has 1 saturated carbocycles. The predicted molar refractivity (Wildman–Crippen MR) is 78.9 cm³/mol. The molecule has 0 bridgehead atoms. The van der Waals surface area contributed by atoms with Crippen molar-refractivity contribution in [3.63, 3.8) is 0 Å². The third-order valence-electron chi connectivity index (χ3n) is 3.91. The van der Waals surface area contributed by atoms with Crippen molar-refractivity contribution in [1.82, 2.24) is 5.32 Å². The van der Waals surface area contributed by atoms with Crippen LogP contribution in [0.15, 0.2) is 24.3 Å². The molecule has 0 spiro atoms. The van der Waals surface area contributed by atoms with Crippen molar-refractivity contribution < 1.29 is 4.79 Å². The molecule has 1 aliphatic rings. The topological polar surface area (TPSA) is 76.7 Å². The minimum atomic E-state index is -0.902. The number of benzene rings is 1. The Kier molecular flexibility index (Phi) is 3.75. The van der Waals surface area contributed by atoms with Crippen LogP contribution in [0, 0.1) is 28.1 Å². The van der Waals surface area contributed by atoms with Crippen molar-refractivity contribution in [2.45, 2.75) is 45.1 Å². The number of rotatable bonds is 3. The van der Waals surface area contributed by atoms with Crippen LogP contribution in [-0.2, 0) is 10.2 Å². The van der Waals surface area contributed by atoms with Crippen LogP contribution in [-0.4, -0.2) is 5.91 Å². The maximum absolute atomic E-state index is 12.0. The van der Waals surface area contributed by atoms with Crippen LogP contribution in [0.2, 0.25) is 0 Å². The molecule has 108 valence electrons. The zero-order chi connectivity index (χ0) is 15.7. The lowest BCUT2D eigenvalue weighted by molar-refractivity contribution is -0.124. The van der Waals surface area contributed by atoms with E-state index in [2.05, 4.69) is 32.2 Å². The van der Waals surface area contributed by atoms with Gasteiger partial charge in [0.2, 0.25) is 5.91 Å². The van der Waals surface area contributed by atoms with E-state index in [0.717, 1.165) is 5.56 Å². The van der Waals surface area contributed by atoms with Gasteiger partial charge in [0, 0.05) is 0 Å². The molecular weight excluding hydrogens is 262 g/mol. The molecule has 1 atom stereocenters. The highest BCUT2D eigenvalue weighted by atomic mass is 16.2. The van der Waals surface area contributed by atoms with Gasteiger partial charge in [-0.3, -0.25) is 4.79 Å². The molecule has 21 heavy (non-hydrogen) atoms. The monoisotopic (exact) mass is 281 g/mol. The highest BCUT2D eigenvalue weighted by Gasteiger charge is 2.51. The highest BCUT2D eigenvalue weighted by molar-refractivity contribution is 5.88. The van der Waals surface area contributed by atoms with Gasteiger partial charge in [-0.05, 0) is 29.4 Å². The first-order chi connectivity index (χ1) is 9.82. The van der Waals surface area contributed by atoms with E-state index in [1.807, 2.05) is 30.3 Å². The summed E-state index contributed by atoms with van der Waals surface area (Å²) in [4.78, 5) is 12.0. The summed E-state index contributed by atoms with van der Waals surface area (Å²) in [6.45, 7) is 6.36. The molecule has 4 heteroatoms. The number of hydrogen-bond acceptors (Lipinski definition) is 3. The molecule has 4 nitrogen and oxygen atoms in total. The zero-order valence-electron chi connectivity index (χ0n) is 12.6. The Balaban J connectivity index is 2.14. The normalized spacial score (nSPS) is 17.2. The molecule has 1 N–H and O–H groups in total. The molecule has 0 aromatic heterocycles. The predicted octanol–water partition coefficient (Wildman–Crippen LogP) is 2.97. The molecule has 1 aromatic rings. The maximum Gasteiger partial charge on any atom is 0.241 e. The lowest BCUT2D eigenvalue weighted by Crippen LogP contribution is -2.34. The van der Waals surface area contributed by atoms with E-state index >= 15 is 0 Å². The van der Waals surface area contributed by atoms with E-state index in [-0.39, 0.29) is 11.3 Å². The number of nitrogens with zero attached hydrogens (tertiary/aromatic N) is 2. The third kappa shape index (κ3) is 3.06. The Morgan fingerprint density at radius 3 is 2.19 bits per heavy atom. The molecule has 1 fully saturated rings. The maximum atomic E-state index is 12.0. The first kappa shape index (κ1) is 15.1. The second-order valence-electron chi connectivity index (χ2n) is 6.60. The second-order valence-corrected chi connectivity index (χ2v) is 6.60. The van der Waals surface area contributed by atoms with E-state index in [0.29, 0.717) is 12.8 Å². The fraction of sp³-hybridized carbons (Fsp3) is 0.471. The summed E-state index contributed by atoms with van der Waals surface area (Å²) in [5, 5.41) is 21.0. The van der Waals surface area contributed by atoms with Gasteiger partial charge in [-0.15, -0.1) is 0 Å². The Morgan fingerprint density at radius 2 is 1.81 bits per heavy atom. The SMILES string of the molecule is CC(C)(C)c1ccc(C(C#N)NC(=O)C2(C#N)CC2)cc1. The van der Waals surface area contributed by atoms with Crippen molar-refractivity contribution >= 4 is 5.91 Å². The van der Waals surface area contributed by atoms with Gasteiger partial charge < -0.3 is 5.32 Å². The molecule has 0 aliphatic heterocycles. The minimum absolute atomic E-state index is 0.0444. The smallest absolute Gasteiger partial charge is 0.241 e. The second kappa shape index (κ2) is 5.22. The lowest BCUT2D eigenvalue weighted by atomic mass is 9.86. The van der Waals surface area contributed by atoms with Gasteiger partial charge in [-0.25, -0.2) is 0 Å². The molecule has 2 rings (SSSR count). The van der Waals surface area contributed by atoms with Crippen molar-refractivity contribution in [3.8, 4) is 12.1 Å². The van der Waals surface area contributed by atoms with Crippen LogP contribution in [0.3, 0.4) is 0 Å². The number of amides is 1. The standard InChI is InChI=1S/C17H19N3O/c1-16(2,3)13-6-4-12(5-7-13)14(10-18)20-15(21)17(11-19)8-9-17/h4-7,14H,8-9H2,1-3H3,(H,20,21). The van der Waals surface area contributed by atoms with Crippen molar-refractivity contribution in [2.24, 2.45) is 5.41 Å². The van der Waals surface area contributed by atoms with E-state index < -0.39 is 11.5 Å². The summed E-state index contributed by atoms with van der Waals surface area (Å²) in [6.07, 6.45) is 1.16. The molecule has 0 heterocycles. The van der Waals surface area contributed by atoms with E-state index in [1.165, 1.54) is 5.56 Å². The summed E-state index contributed by atoms with van der Waals surface area (Å²) in [5.41, 5.74) is 1.06. The van der Waals surface area contributed by atoms with Gasteiger partial charge in [-0.2, -0.15) is 10.5 Å². The summed E-state index contributed by atoms with van der Waals surface area (Å²) in [6, 6.07) is 11.1. The number of nitrogens with one attached hydrogen (secondary N) is 1. The van der Waals surface area contributed by atoms with Gasteiger partial charge in [0.25, 0.3) is 0 Å². The van der Waals surface area contributed by atoms with Gasteiger partial charge in [0.05, 0.1) is 12.1 Å². The first-order valence-corrected chi connectivity index (χ1v) is 7.05. The Bertz CT molecular complexity index is 622. The summed E-state index contributed by atoms with van der Waals surface area (Å²) < 4.78 is 0. The zero-order valence-corrected chi connectivity index (χ0v) is 12.6. The van der Waals surface area contributed by atoms with Gasteiger partial charge in [0.15, 0.2) is 0 Å². The summed E-state index contributed by atoms with van der Waals surface area (Å²) >= 11 is 0. The molecule has 1 aliphatic carbocycles. The fourth-order valence-corrected chi connectivity index (χ4v) is 2.15. The van der Waals surface area contributed by atoms with E-state index in [1.54, 1.807) is 0 Å². The fourth-order valence-electron chi connectivity index (χ4n) is 2.15.